The molecular formula is C18H26N4. The van der Waals surface area contributed by atoms with Crippen molar-refractivity contribution in [1.29, 1.82) is 0 Å². The number of piperazine rings is 1. The first kappa shape index (κ1) is 15.3. The number of nitrogens with one attached hydrogen (secondary N) is 1. The van der Waals surface area contributed by atoms with Gasteiger partial charge in [-0.15, -0.1) is 0 Å². The maximum absolute atomic E-state index is 4.84. The summed E-state index contributed by atoms with van der Waals surface area (Å²) >= 11 is 0. The van der Waals surface area contributed by atoms with Crippen LogP contribution in [0.15, 0.2) is 36.5 Å². The second-order valence-electron chi connectivity index (χ2n) is 6.56. The van der Waals surface area contributed by atoms with Crippen LogP contribution in [0.5, 0.6) is 0 Å². The van der Waals surface area contributed by atoms with Crippen molar-refractivity contribution >= 4 is 0 Å². The molecule has 0 bridgehead atoms. The molecule has 22 heavy (non-hydrogen) atoms. The molecule has 4 heteroatoms. The number of nitrogens with zero attached hydrogens (tertiary/aromatic N) is 3. The van der Waals surface area contributed by atoms with E-state index in [9.17, 15) is 0 Å². The molecule has 0 unspecified atom stereocenters. The zero-order valence-corrected chi connectivity index (χ0v) is 13.8. The van der Waals surface area contributed by atoms with E-state index in [1.807, 2.05) is 10.7 Å². The molecule has 3 rings (SSSR count). The summed E-state index contributed by atoms with van der Waals surface area (Å²) in [5, 5.41) is 8.34. The molecule has 1 N–H and O–H groups in total. The molecule has 0 aliphatic carbocycles. The highest BCUT2D eigenvalue weighted by Gasteiger charge is 2.20. The molecule has 0 amide bonds. The van der Waals surface area contributed by atoms with E-state index in [-0.39, 0.29) is 0 Å². The quantitative estimate of drug-likeness (QED) is 0.942. The fourth-order valence-corrected chi connectivity index (χ4v) is 3.14. The van der Waals surface area contributed by atoms with Gasteiger partial charge in [0.2, 0.25) is 0 Å². The van der Waals surface area contributed by atoms with E-state index in [1.165, 1.54) is 11.3 Å². The zero-order chi connectivity index (χ0) is 15.5. The molecule has 0 saturated carbocycles. The van der Waals surface area contributed by atoms with Gasteiger partial charge in [0.05, 0.1) is 11.4 Å². The number of benzene rings is 1. The first-order valence-corrected chi connectivity index (χ1v) is 8.23. The van der Waals surface area contributed by atoms with Gasteiger partial charge in [0, 0.05) is 44.0 Å². The Hall–Kier alpha value is -1.65. The minimum absolute atomic E-state index is 0.445. The van der Waals surface area contributed by atoms with Crippen molar-refractivity contribution in [1.82, 2.24) is 20.0 Å². The minimum atomic E-state index is 0.445. The third kappa shape index (κ3) is 3.39. The highest BCUT2D eigenvalue weighted by molar-refractivity contribution is 5.33. The van der Waals surface area contributed by atoms with Gasteiger partial charge in [-0.05, 0) is 25.0 Å². The van der Waals surface area contributed by atoms with Crippen molar-refractivity contribution in [2.24, 2.45) is 0 Å². The normalized spacial score (nSPS) is 19.7. The lowest BCUT2D eigenvalue weighted by Gasteiger charge is -2.31. The molecule has 1 saturated heterocycles. The third-order valence-corrected chi connectivity index (χ3v) is 4.24. The lowest BCUT2D eigenvalue weighted by atomic mass is 10.1. The molecule has 4 nitrogen and oxygen atoms in total. The van der Waals surface area contributed by atoms with Crippen LogP contribution in [0.4, 0.5) is 0 Å². The Morgan fingerprint density at radius 2 is 2.05 bits per heavy atom. The van der Waals surface area contributed by atoms with Crippen LogP contribution in [0.1, 0.15) is 37.9 Å². The first-order chi connectivity index (χ1) is 10.6. The van der Waals surface area contributed by atoms with Gasteiger partial charge < -0.3 is 5.32 Å². The van der Waals surface area contributed by atoms with Gasteiger partial charge in [0.25, 0.3) is 0 Å². The van der Waals surface area contributed by atoms with Crippen molar-refractivity contribution in [2.45, 2.75) is 39.3 Å². The Labute approximate surface area is 133 Å². The van der Waals surface area contributed by atoms with Crippen LogP contribution in [-0.4, -0.2) is 40.4 Å². The average molecular weight is 298 g/mol. The number of aromatic nitrogens is 2. The lowest BCUT2D eigenvalue weighted by Crippen LogP contribution is -2.48. The van der Waals surface area contributed by atoms with Crippen molar-refractivity contribution in [3.05, 3.63) is 47.8 Å². The molecular weight excluding hydrogens is 272 g/mol. The van der Waals surface area contributed by atoms with Gasteiger partial charge in [-0.25, -0.2) is 4.68 Å². The van der Waals surface area contributed by atoms with Crippen LogP contribution in [0.2, 0.25) is 0 Å². The van der Waals surface area contributed by atoms with E-state index in [2.05, 4.69) is 61.5 Å². The predicted octanol–water partition coefficient (Wildman–Crippen LogP) is 2.79. The molecule has 1 aliphatic heterocycles. The van der Waals surface area contributed by atoms with Gasteiger partial charge in [0.15, 0.2) is 0 Å². The largest absolute Gasteiger partial charge is 0.312 e. The van der Waals surface area contributed by atoms with Crippen LogP contribution in [0.25, 0.3) is 5.69 Å². The number of rotatable bonds is 4. The summed E-state index contributed by atoms with van der Waals surface area (Å²) in [6, 6.07) is 10.9. The van der Waals surface area contributed by atoms with Crippen LogP contribution in [0, 0.1) is 0 Å². The molecule has 1 atom stereocenters. The second kappa shape index (κ2) is 6.63. The highest BCUT2D eigenvalue weighted by Crippen LogP contribution is 2.21. The SMILES string of the molecule is CC(C)c1nn(-c2ccccc2)cc1CN1CCN[C@H](C)C1. The predicted molar refractivity (Wildman–Crippen MR) is 90.4 cm³/mol. The minimum Gasteiger partial charge on any atom is -0.312 e. The summed E-state index contributed by atoms with van der Waals surface area (Å²) in [6.07, 6.45) is 2.21. The van der Waals surface area contributed by atoms with Gasteiger partial charge >= 0.3 is 0 Å². The van der Waals surface area contributed by atoms with Crippen molar-refractivity contribution in [3.63, 3.8) is 0 Å². The van der Waals surface area contributed by atoms with Crippen LogP contribution in [-0.2, 0) is 6.54 Å². The van der Waals surface area contributed by atoms with Crippen molar-refractivity contribution in [2.75, 3.05) is 19.6 Å². The molecule has 2 heterocycles. The van der Waals surface area contributed by atoms with Crippen LogP contribution >= 0.6 is 0 Å². The number of hydrogen-bond acceptors (Lipinski definition) is 3. The van der Waals surface area contributed by atoms with Gasteiger partial charge in [-0.3, -0.25) is 4.90 Å². The summed E-state index contributed by atoms with van der Waals surface area (Å²) in [7, 11) is 0. The Morgan fingerprint density at radius 1 is 1.27 bits per heavy atom. The van der Waals surface area contributed by atoms with E-state index < -0.39 is 0 Å². The Kier molecular flexibility index (Phi) is 4.60. The highest BCUT2D eigenvalue weighted by atomic mass is 15.3. The molecule has 1 fully saturated rings. The summed E-state index contributed by atoms with van der Waals surface area (Å²) in [5.41, 5.74) is 3.70. The first-order valence-electron chi connectivity index (χ1n) is 8.23. The monoisotopic (exact) mass is 298 g/mol. The van der Waals surface area contributed by atoms with Gasteiger partial charge in [-0.1, -0.05) is 32.0 Å². The fourth-order valence-electron chi connectivity index (χ4n) is 3.14. The summed E-state index contributed by atoms with van der Waals surface area (Å²) in [6.45, 7) is 11.0. The number of para-hydroxylation sites is 1. The molecule has 1 aliphatic rings. The van der Waals surface area contributed by atoms with Gasteiger partial charge in [-0.2, -0.15) is 5.10 Å². The molecule has 2 aromatic rings. The van der Waals surface area contributed by atoms with E-state index in [4.69, 9.17) is 5.10 Å². The Morgan fingerprint density at radius 3 is 2.73 bits per heavy atom. The summed E-state index contributed by atoms with van der Waals surface area (Å²) < 4.78 is 2.02. The van der Waals surface area contributed by atoms with E-state index in [0.29, 0.717) is 12.0 Å². The van der Waals surface area contributed by atoms with Gasteiger partial charge in [0.1, 0.15) is 0 Å². The lowest BCUT2D eigenvalue weighted by molar-refractivity contribution is 0.199. The maximum atomic E-state index is 4.84. The zero-order valence-electron chi connectivity index (χ0n) is 13.8. The molecule has 118 valence electrons. The van der Waals surface area contributed by atoms with Crippen LogP contribution in [0.3, 0.4) is 0 Å². The van der Waals surface area contributed by atoms with E-state index in [1.54, 1.807) is 0 Å². The topological polar surface area (TPSA) is 33.1 Å². The average Bonchev–Trinajstić information content (AvgIpc) is 2.92. The molecule has 0 spiro atoms. The van der Waals surface area contributed by atoms with E-state index >= 15 is 0 Å². The van der Waals surface area contributed by atoms with Crippen LogP contribution < -0.4 is 5.32 Å². The third-order valence-electron chi connectivity index (χ3n) is 4.24. The van der Waals surface area contributed by atoms with Crippen molar-refractivity contribution < 1.29 is 0 Å². The van der Waals surface area contributed by atoms with E-state index in [0.717, 1.165) is 31.9 Å². The Bertz CT molecular complexity index is 603. The standard InChI is InChI=1S/C18H26N4/c1-14(2)18-16(12-21-10-9-19-15(3)11-21)13-22(20-18)17-7-5-4-6-8-17/h4-8,13-15,19H,9-12H2,1-3H3/t15-/m1/s1. The van der Waals surface area contributed by atoms with Crippen molar-refractivity contribution in [3.8, 4) is 5.69 Å². The fraction of sp³-hybridized carbons (Fsp3) is 0.500. The molecule has 1 aromatic carbocycles. The Balaban J connectivity index is 1.84. The smallest absolute Gasteiger partial charge is 0.0699 e. The summed E-state index contributed by atoms with van der Waals surface area (Å²) in [5.74, 6) is 0.445. The molecule has 1 aromatic heterocycles. The summed E-state index contributed by atoms with van der Waals surface area (Å²) in [4.78, 5) is 2.53. The number of hydrogen-bond donors (Lipinski definition) is 1. The maximum Gasteiger partial charge on any atom is 0.0699 e. The molecule has 0 radical (unpaired) electrons. The second-order valence-corrected chi connectivity index (χ2v) is 6.56.